The fourth-order valence-electron chi connectivity index (χ4n) is 3.42. The van der Waals surface area contributed by atoms with Crippen LogP contribution >= 0.6 is 0 Å². The minimum Gasteiger partial charge on any atom is -0.461 e. The van der Waals surface area contributed by atoms with E-state index in [0.717, 1.165) is 44.4 Å². The molecular formula is C21H14FNO2. The molecule has 0 saturated carbocycles. The van der Waals surface area contributed by atoms with Gasteiger partial charge < -0.3 is 9.47 Å². The maximum atomic E-state index is 13.2. The first-order chi connectivity index (χ1) is 12.2. The van der Waals surface area contributed by atoms with Crippen LogP contribution in [0.2, 0.25) is 0 Å². The summed E-state index contributed by atoms with van der Waals surface area (Å²) in [6, 6.07) is 19.3. The van der Waals surface area contributed by atoms with Crippen LogP contribution in [-0.4, -0.2) is 11.3 Å². The molecule has 1 aliphatic heterocycles. The summed E-state index contributed by atoms with van der Waals surface area (Å²) < 4.78 is 24.4. The number of halogens is 1. The molecule has 3 aromatic carbocycles. The van der Waals surface area contributed by atoms with Crippen molar-refractivity contribution in [1.29, 1.82) is 0 Å². The van der Waals surface area contributed by atoms with Crippen molar-refractivity contribution in [1.82, 2.24) is 4.98 Å². The van der Waals surface area contributed by atoms with Crippen LogP contribution in [0.1, 0.15) is 6.92 Å². The van der Waals surface area contributed by atoms with E-state index in [1.807, 2.05) is 42.5 Å². The first kappa shape index (κ1) is 14.2. The molecule has 0 amide bonds. The Bertz CT molecular complexity index is 1140. The van der Waals surface area contributed by atoms with E-state index in [1.165, 1.54) is 6.92 Å². The minimum atomic E-state index is -1.36. The van der Waals surface area contributed by atoms with E-state index in [-0.39, 0.29) is 0 Å². The summed E-state index contributed by atoms with van der Waals surface area (Å²) >= 11 is 0. The third kappa shape index (κ3) is 2.14. The molecule has 1 aromatic heterocycles. The van der Waals surface area contributed by atoms with Gasteiger partial charge in [0.1, 0.15) is 17.2 Å². The standard InChI is InChI=1S/C21H14FNO2/c1-12(22)24-13-9-10-14-15-6-4-8-19-20(15)21(23-17(14)11-13)16-5-2-3-7-18(16)25-19/h2-12H,1H3. The molecule has 0 N–H and O–H groups in total. The van der Waals surface area contributed by atoms with Crippen molar-refractivity contribution in [3.8, 4) is 28.5 Å². The van der Waals surface area contributed by atoms with Crippen LogP contribution in [0, 0.1) is 0 Å². The fourth-order valence-corrected chi connectivity index (χ4v) is 3.42. The molecule has 1 unspecified atom stereocenters. The molecule has 2 heterocycles. The normalized spacial score (nSPS) is 13.4. The monoisotopic (exact) mass is 331 g/mol. The molecule has 4 heteroatoms. The number of hydrogen-bond donors (Lipinski definition) is 0. The number of fused-ring (bicyclic) bond motifs is 4. The van der Waals surface area contributed by atoms with Crippen LogP contribution in [0.3, 0.4) is 0 Å². The molecule has 25 heavy (non-hydrogen) atoms. The summed E-state index contributed by atoms with van der Waals surface area (Å²) in [5, 5.41) is 3.05. The van der Waals surface area contributed by atoms with E-state index in [2.05, 4.69) is 6.07 Å². The van der Waals surface area contributed by atoms with E-state index >= 15 is 0 Å². The molecule has 0 aliphatic carbocycles. The van der Waals surface area contributed by atoms with E-state index in [1.54, 1.807) is 12.1 Å². The number of hydrogen-bond acceptors (Lipinski definition) is 3. The van der Waals surface area contributed by atoms with E-state index in [9.17, 15) is 4.39 Å². The summed E-state index contributed by atoms with van der Waals surface area (Å²) in [6.07, 6.45) is -1.36. The lowest BCUT2D eigenvalue weighted by atomic mass is 9.97. The summed E-state index contributed by atoms with van der Waals surface area (Å²) in [5.74, 6) is 2.07. The van der Waals surface area contributed by atoms with Crippen molar-refractivity contribution in [2.45, 2.75) is 13.3 Å². The SMILES string of the molecule is CC(F)Oc1ccc2c(c1)nc1c3c(cccc32)Oc2ccccc2-1. The third-order valence-corrected chi connectivity index (χ3v) is 4.42. The zero-order valence-corrected chi connectivity index (χ0v) is 13.5. The van der Waals surface area contributed by atoms with Gasteiger partial charge in [0.15, 0.2) is 0 Å². The van der Waals surface area contributed by atoms with Crippen LogP contribution in [0.4, 0.5) is 4.39 Å². The first-order valence-corrected chi connectivity index (χ1v) is 8.15. The molecule has 1 aliphatic rings. The number of pyridine rings is 1. The number of ether oxygens (including phenoxy) is 2. The zero-order valence-electron chi connectivity index (χ0n) is 13.5. The van der Waals surface area contributed by atoms with Gasteiger partial charge in [-0.05, 0) is 35.7 Å². The van der Waals surface area contributed by atoms with Gasteiger partial charge in [0, 0.05) is 23.9 Å². The van der Waals surface area contributed by atoms with E-state index < -0.39 is 6.36 Å². The number of rotatable bonds is 2. The lowest BCUT2D eigenvalue weighted by Crippen LogP contribution is -2.04. The summed E-state index contributed by atoms with van der Waals surface area (Å²) in [7, 11) is 0. The Kier molecular flexibility index (Phi) is 2.95. The number of para-hydroxylation sites is 1. The van der Waals surface area contributed by atoms with Gasteiger partial charge in [0.25, 0.3) is 0 Å². The van der Waals surface area contributed by atoms with Crippen LogP contribution in [0.5, 0.6) is 17.2 Å². The van der Waals surface area contributed by atoms with Crippen LogP contribution in [-0.2, 0) is 0 Å². The molecule has 0 radical (unpaired) electrons. The zero-order chi connectivity index (χ0) is 17.0. The molecule has 0 bridgehead atoms. The van der Waals surface area contributed by atoms with Crippen molar-refractivity contribution >= 4 is 21.7 Å². The largest absolute Gasteiger partial charge is 0.461 e. The molecule has 1 atom stereocenters. The van der Waals surface area contributed by atoms with Crippen molar-refractivity contribution in [2.24, 2.45) is 0 Å². The Labute approximate surface area is 143 Å². The lowest BCUT2D eigenvalue weighted by molar-refractivity contribution is 0.0862. The van der Waals surface area contributed by atoms with Crippen LogP contribution < -0.4 is 9.47 Å². The molecular weight excluding hydrogens is 317 g/mol. The van der Waals surface area contributed by atoms with Gasteiger partial charge in [-0.25, -0.2) is 9.37 Å². The number of nitrogens with zero attached hydrogens (tertiary/aromatic N) is 1. The van der Waals surface area contributed by atoms with Gasteiger partial charge in [-0.3, -0.25) is 0 Å². The average Bonchev–Trinajstić information content (AvgIpc) is 2.61. The average molecular weight is 331 g/mol. The van der Waals surface area contributed by atoms with Gasteiger partial charge in [0.2, 0.25) is 6.36 Å². The van der Waals surface area contributed by atoms with Gasteiger partial charge >= 0.3 is 0 Å². The second-order valence-corrected chi connectivity index (χ2v) is 6.08. The summed E-state index contributed by atoms with van der Waals surface area (Å²) in [5.41, 5.74) is 2.61. The van der Waals surface area contributed by atoms with Crippen molar-refractivity contribution in [3.63, 3.8) is 0 Å². The predicted octanol–water partition coefficient (Wildman–Crippen LogP) is 5.86. The third-order valence-electron chi connectivity index (χ3n) is 4.42. The Morgan fingerprint density at radius 3 is 2.68 bits per heavy atom. The number of alkyl halides is 1. The topological polar surface area (TPSA) is 31.4 Å². The van der Waals surface area contributed by atoms with E-state index in [4.69, 9.17) is 14.5 Å². The first-order valence-electron chi connectivity index (χ1n) is 8.15. The van der Waals surface area contributed by atoms with Gasteiger partial charge in [-0.2, -0.15) is 0 Å². The number of benzene rings is 3. The Morgan fingerprint density at radius 1 is 0.960 bits per heavy atom. The van der Waals surface area contributed by atoms with Gasteiger partial charge in [-0.15, -0.1) is 0 Å². The van der Waals surface area contributed by atoms with Gasteiger partial charge in [0.05, 0.1) is 16.6 Å². The molecule has 0 fully saturated rings. The smallest absolute Gasteiger partial charge is 0.235 e. The second kappa shape index (κ2) is 5.18. The quantitative estimate of drug-likeness (QED) is 0.380. The maximum absolute atomic E-state index is 13.2. The highest BCUT2D eigenvalue weighted by molar-refractivity contribution is 6.14. The molecule has 122 valence electrons. The lowest BCUT2D eigenvalue weighted by Gasteiger charge is -2.21. The van der Waals surface area contributed by atoms with Crippen LogP contribution in [0.25, 0.3) is 32.9 Å². The fraction of sp³-hybridized carbons (Fsp3) is 0.0952. The van der Waals surface area contributed by atoms with E-state index in [0.29, 0.717) is 5.75 Å². The minimum absolute atomic E-state index is 0.470. The second-order valence-electron chi connectivity index (χ2n) is 6.08. The van der Waals surface area contributed by atoms with Crippen molar-refractivity contribution in [2.75, 3.05) is 0 Å². The Hall–Kier alpha value is -3.14. The van der Waals surface area contributed by atoms with Crippen molar-refractivity contribution in [3.05, 3.63) is 60.7 Å². The Balaban J connectivity index is 1.87. The van der Waals surface area contributed by atoms with Gasteiger partial charge in [-0.1, -0.05) is 24.3 Å². The summed E-state index contributed by atoms with van der Waals surface area (Å²) in [4.78, 5) is 4.86. The molecule has 0 saturated heterocycles. The Morgan fingerprint density at radius 2 is 1.80 bits per heavy atom. The highest BCUT2D eigenvalue weighted by atomic mass is 19.1. The maximum Gasteiger partial charge on any atom is 0.235 e. The predicted molar refractivity (Wildman–Crippen MR) is 96.0 cm³/mol. The van der Waals surface area contributed by atoms with Crippen molar-refractivity contribution < 1.29 is 13.9 Å². The molecule has 5 rings (SSSR count). The highest BCUT2D eigenvalue weighted by Gasteiger charge is 2.22. The highest BCUT2D eigenvalue weighted by Crippen LogP contribution is 2.47. The molecule has 3 nitrogen and oxygen atoms in total. The molecule has 0 spiro atoms. The van der Waals surface area contributed by atoms with Crippen LogP contribution in [0.15, 0.2) is 60.7 Å². The number of aromatic nitrogens is 1. The molecule has 4 aromatic rings. The summed E-state index contributed by atoms with van der Waals surface area (Å²) in [6.45, 7) is 1.36.